The number of para-hydroxylation sites is 1. The maximum atomic E-state index is 13.3. The highest BCUT2D eigenvalue weighted by Gasteiger charge is 2.20. The first kappa shape index (κ1) is 23.8. The number of hydrogen-bond donors (Lipinski definition) is 2. The van der Waals surface area contributed by atoms with Crippen LogP contribution in [0.2, 0.25) is 0 Å². The first-order chi connectivity index (χ1) is 16.7. The van der Waals surface area contributed by atoms with E-state index < -0.39 is 11.9 Å². The summed E-state index contributed by atoms with van der Waals surface area (Å²) >= 11 is 0. The van der Waals surface area contributed by atoms with Crippen LogP contribution in [-0.4, -0.2) is 24.2 Å². The first-order valence-electron chi connectivity index (χ1n) is 11.1. The fraction of sp³-hybridized carbons (Fsp3) is 0.179. The van der Waals surface area contributed by atoms with Gasteiger partial charge < -0.3 is 19.6 Å². The van der Waals surface area contributed by atoms with Crippen molar-refractivity contribution in [3.63, 3.8) is 0 Å². The Hall–Kier alpha value is -4.39. The van der Waals surface area contributed by atoms with Crippen LogP contribution in [0.1, 0.15) is 50.4 Å². The van der Waals surface area contributed by atoms with Gasteiger partial charge in [0, 0.05) is 22.4 Å². The quantitative estimate of drug-likeness (QED) is 0.346. The second-order valence-corrected chi connectivity index (χ2v) is 8.40. The highest BCUT2D eigenvalue weighted by molar-refractivity contribution is 5.94. The Morgan fingerprint density at radius 3 is 2.37 bits per heavy atom. The van der Waals surface area contributed by atoms with Crippen molar-refractivity contribution in [2.24, 2.45) is 0 Å². The fourth-order valence-electron chi connectivity index (χ4n) is 4.15. The molecule has 0 aliphatic carbocycles. The molecule has 0 fully saturated rings. The van der Waals surface area contributed by atoms with Crippen LogP contribution in [0, 0.1) is 13.8 Å². The number of carbonyl (C=O) groups excluding carboxylic acids is 1. The van der Waals surface area contributed by atoms with Crippen molar-refractivity contribution in [3.05, 3.63) is 98.7 Å². The van der Waals surface area contributed by atoms with Gasteiger partial charge in [0.25, 0.3) is 0 Å². The third kappa shape index (κ3) is 4.53. The van der Waals surface area contributed by atoms with E-state index in [-0.39, 0.29) is 17.0 Å². The van der Waals surface area contributed by atoms with Crippen LogP contribution in [0.25, 0.3) is 22.3 Å². The molecule has 0 radical (unpaired) electrons. The molecule has 3 aromatic carbocycles. The lowest BCUT2D eigenvalue weighted by Crippen LogP contribution is -2.14. The standard InChI is InChI=1S/C28H25NO6/c1-15-13-21(17(3)29-23-8-6-5-7-20(23)27(31)32)26-22(14-15)24(30)16(2)25(35-26)18-9-11-19(12-10-18)28(33)34-4/h5-14,17,29H,1-4H3,(H,31,32). The summed E-state index contributed by atoms with van der Waals surface area (Å²) in [6.45, 7) is 5.49. The molecule has 4 aromatic rings. The van der Waals surface area contributed by atoms with Crippen molar-refractivity contribution in [2.75, 3.05) is 12.4 Å². The topological polar surface area (TPSA) is 106 Å². The Balaban J connectivity index is 1.85. The predicted octanol–water partition coefficient (Wildman–Crippen LogP) is 5.73. The third-order valence-electron chi connectivity index (χ3n) is 5.96. The minimum absolute atomic E-state index is 0.151. The van der Waals surface area contributed by atoms with E-state index in [2.05, 4.69) is 5.32 Å². The summed E-state index contributed by atoms with van der Waals surface area (Å²) in [6.07, 6.45) is 0. The van der Waals surface area contributed by atoms with Gasteiger partial charge in [0.05, 0.1) is 29.7 Å². The van der Waals surface area contributed by atoms with Crippen molar-refractivity contribution in [2.45, 2.75) is 26.8 Å². The van der Waals surface area contributed by atoms with Crippen LogP contribution in [0.4, 0.5) is 5.69 Å². The molecule has 178 valence electrons. The molecule has 2 N–H and O–H groups in total. The van der Waals surface area contributed by atoms with Gasteiger partial charge in [0.2, 0.25) is 0 Å². The second-order valence-electron chi connectivity index (χ2n) is 8.40. The van der Waals surface area contributed by atoms with Gasteiger partial charge in [-0.3, -0.25) is 4.79 Å². The molecule has 0 aliphatic heterocycles. The highest BCUT2D eigenvalue weighted by atomic mass is 16.5. The normalized spacial score (nSPS) is 11.8. The summed E-state index contributed by atoms with van der Waals surface area (Å²) in [6, 6.07) is 16.7. The number of aromatic carboxylic acids is 1. The van der Waals surface area contributed by atoms with Crippen LogP contribution >= 0.6 is 0 Å². The largest absolute Gasteiger partial charge is 0.478 e. The van der Waals surface area contributed by atoms with Gasteiger partial charge in [-0.05, 0) is 56.7 Å². The van der Waals surface area contributed by atoms with Crippen LogP contribution in [-0.2, 0) is 4.74 Å². The summed E-state index contributed by atoms with van der Waals surface area (Å²) in [5.41, 5.74) is 4.00. The lowest BCUT2D eigenvalue weighted by Gasteiger charge is -2.20. The summed E-state index contributed by atoms with van der Waals surface area (Å²) in [7, 11) is 1.32. The van der Waals surface area contributed by atoms with Crippen LogP contribution in [0.15, 0.2) is 69.9 Å². The van der Waals surface area contributed by atoms with E-state index in [1.54, 1.807) is 55.5 Å². The fourth-order valence-corrected chi connectivity index (χ4v) is 4.15. The predicted molar refractivity (Wildman–Crippen MR) is 134 cm³/mol. The summed E-state index contributed by atoms with van der Waals surface area (Å²) in [5.74, 6) is -1.08. The Kier molecular flexibility index (Phi) is 6.42. The summed E-state index contributed by atoms with van der Waals surface area (Å²) in [4.78, 5) is 36.8. The molecule has 0 saturated carbocycles. The van der Waals surface area contributed by atoms with Crippen molar-refractivity contribution >= 4 is 28.6 Å². The Morgan fingerprint density at radius 1 is 1.03 bits per heavy atom. The molecule has 0 bridgehead atoms. The lowest BCUT2D eigenvalue weighted by atomic mass is 9.98. The zero-order valence-electron chi connectivity index (χ0n) is 19.8. The van der Waals surface area contributed by atoms with Crippen molar-refractivity contribution < 1.29 is 23.8 Å². The SMILES string of the molecule is COC(=O)c1ccc(-c2oc3c(C(C)Nc4ccccc4C(=O)O)cc(C)cc3c(=O)c2C)cc1. The van der Waals surface area contributed by atoms with E-state index in [0.717, 1.165) is 11.1 Å². The first-order valence-corrected chi connectivity index (χ1v) is 11.1. The molecule has 0 aliphatic rings. The second kappa shape index (κ2) is 9.46. The molecular formula is C28H25NO6. The number of ether oxygens (including phenoxy) is 1. The zero-order valence-corrected chi connectivity index (χ0v) is 19.8. The zero-order chi connectivity index (χ0) is 25.3. The number of nitrogens with one attached hydrogen (secondary N) is 1. The Labute approximate surface area is 202 Å². The van der Waals surface area contributed by atoms with Crippen molar-refractivity contribution in [3.8, 4) is 11.3 Å². The molecule has 1 heterocycles. The van der Waals surface area contributed by atoms with E-state index >= 15 is 0 Å². The van der Waals surface area contributed by atoms with Crippen LogP contribution in [0.3, 0.4) is 0 Å². The van der Waals surface area contributed by atoms with E-state index in [4.69, 9.17) is 9.15 Å². The minimum Gasteiger partial charge on any atom is -0.478 e. The molecule has 7 nitrogen and oxygen atoms in total. The van der Waals surface area contributed by atoms with E-state index in [1.165, 1.54) is 13.2 Å². The number of carboxylic acids is 1. The smallest absolute Gasteiger partial charge is 0.337 e. The molecule has 1 unspecified atom stereocenters. The number of aryl methyl sites for hydroxylation is 1. The number of carbonyl (C=O) groups is 2. The third-order valence-corrected chi connectivity index (χ3v) is 5.96. The average Bonchev–Trinajstić information content (AvgIpc) is 2.85. The number of anilines is 1. The van der Waals surface area contributed by atoms with Crippen LogP contribution < -0.4 is 10.7 Å². The number of methoxy groups -OCH3 is 1. The monoisotopic (exact) mass is 471 g/mol. The van der Waals surface area contributed by atoms with Crippen molar-refractivity contribution in [1.82, 2.24) is 0 Å². The molecule has 7 heteroatoms. The van der Waals surface area contributed by atoms with Crippen LogP contribution in [0.5, 0.6) is 0 Å². The van der Waals surface area contributed by atoms with Gasteiger partial charge in [0.15, 0.2) is 5.43 Å². The van der Waals surface area contributed by atoms with E-state index in [1.807, 2.05) is 19.9 Å². The number of benzene rings is 3. The maximum absolute atomic E-state index is 13.3. The van der Waals surface area contributed by atoms with Gasteiger partial charge in [-0.15, -0.1) is 0 Å². The minimum atomic E-state index is -1.03. The van der Waals surface area contributed by atoms with Gasteiger partial charge in [-0.2, -0.15) is 0 Å². The van der Waals surface area contributed by atoms with Gasteiger partial charge in [-0.25, -0.2) is 9.59 Å². The maximum Gasteiger partial charge on any atom is 0.337 e. The van der Waals surface area contributed by atoms with Crippen molar-refractivity contribution in [1.29, 1.82) is 0 Å². The Morgan fingerprint density at radius 2 is 1.71 bits per heavy atom. The molecular weight excluding hydrogens is 446 g/mol. The molecule has 0 saturated heterocycles. The van der Waals surface area contributed by atoms with E-state index in [9.17, 15) is 19.5 Å². The number of fused-ring (bicyclic) bond motifs is 1. The molecule has 1 atom stereocenters. The number of carboxylic acid groups (broad SMARTS) is 1. The highest BCUT2D eigenvalue weighted by Crippen LogP contribution is 2.32. The van der Waals surface area contributed by atoms with Gasteiger partial charge >= 0.3 is 11.9 Å². The number of esters is 1. The molecule has 0 amide bonds. The Bertz CT molecular complexity index is 1500. The molecule has 1 aromatic heterocycles. The van der Waals surface area contributed by atoms with E-state index in [0.29, 0.717) is 39.1 Å². The number of rotatable bonds is 6. The average molecular weight is 472 g/mol. The lowest BCUT2D eigenvalue weighted by molar-refractivity contribution is 0.0599. The molecule has 35 heavy (non-hydrogen) atoms. The summed E-state index contributed by atoms with van der Waals surface area (Å²) in [5, 5.41) is 13.2. The summed E-state index contributed by atoms with van der Waals surface area (Å²) < 4.78 is 11.1. The van der Waals surface area contributed by atoms with Gasteiger partial charge in [0.1, 0.15) is 11.3 Å². The number of hydrogen-bond acceptors (Lipinski definition) is 6. The molecule has 0 spiro atoms. The van der Waals surface area contributed by atoms with Gasteiger partial charge in [-0.1, -0.05) is 30.3 Å². The molecule has 4 rings (SSSR count).